The van der Waals surface area contributed by atoms with E-state index >= 15 is 0 Å². The molecular weight excluding hydrogens is 172 g/mol. The van der Waals surface area contributed by atoms with Crippen molar-refractivity contribution in [3.05, 3.63) is 35.4 Å². The molecule has 0 spiro atoms. The predicted molar refractivity (Wildman–Crippen MR) is 58.6 cm³/mol. The Morgan fingerprint density at radius 1 is 1.07 bits per heavy atom. The fraction of sp³-hybridized carbons (Fsp3) is 0.538. The lowest BCUT2D eigenvalue weighted by Crippen LogP contribution is -1.99. The normalized spacial score (nSPS) is 23.1. The second kappa shape index (κ2) is 4.61. The van der Waals surface area contributed by atoms with E-state index in [1.165, 1.54) is 30.4 Å². The highest BCUT2D eigenvalue weighted by atomic mass is 16.5. The van der Waals surface area contributed by atoms with Gasteiger partial charge in [-0.05, 0) is 37.7 Å². The van der Waals surface area contributed by atoms with Crippen molar-refractivity contribution in [1.29, 1.82) is 0 Å². The van der Waals surface area contributed by atoms with Crippen LogP contribution in [0.2, 0.25) is 0 Å². The van der Waals surface area contributed by atoms with Gasteiger partial charge in [-0.2, -0.15) is 0 Å². The van der Waals surface area contributed by atoms with E-state index in [-0.39, 0.29) is 0 Å². The average molecular weight is 190 g/mol. The first-order valence-electron chi connectivity index (χ1n) is 5.50. The molecule has 0 aromatic heterocycles. The summed E-state index contributed by atoms with van der Waals surface area (Å²) in [6.45, 7) is 4.01. The molecule has 1 aromatic carbocycles. The minimum absolute atomic E-state index is 0.720. The maximum Gasteiger partial charge on any atom is 0.0471 e. The van der Waals surface area contributed by atoms with Crippen LogP contribution in [0, 0.1) is 6.92 Å². The Morgan fingerprint density at radius 3 is 2.64 bits per heavy atom. The number of aryl methyl sites for hydroxylation is 1. The second-order valence-electron chi connectivity index (χ2n) is 4.15. The Morgan fingerprint density at radius 2 is 1.86 bits per heavy atom. The van der Waals surface area contributed by atoms with Gasteiger partial charge in [-0.15, -0.1) is 0 Å². The lowest BCUT2D eigenvalue weighted by molar-refractivity contribution is 0.143. The topological polar surface area (TPSA) is 9.23 Å². The van der Waals surface area contributed by atoms with E-state index in [9.17, 15) is 0 Å². The first-order valence-corrected chi connectivity index (χ1v) is 5.50. The van der Waals surface area contributed by atoms with Crippen LogP contribution >= 0.6 is 0 Å². The Balaban J connectivity index is 2.08. The van der Waals surface area contributed by atoms with Crippen LogP contribution in [0.25, 0.3) is 0 Å². The zero-order valence-electron chi connectivity index (χ0n) is 8.83. The molecule has 0 saturated carbocycles. The molecule has 0 amide bonds. The summed E-state index contributed by atoms with van der Waals surface area (Å²) >= 11 is 0. The smallest absolute Gasteiger partial charge is 0.0471 e. The number of hydrogen-bond donors (Lipinski definition) is 0. The van der Waals surface area contributed by atoms with Gasteiger partial charge in [-0.25, -0.2) is 0 Å². The maximum absolute atomic E-state index is 5.47. The van der Waals surface area contributed by atoms with Crippen molar-refractivity contribution < 1.29 is 4.74 Å². The molecule has 2 rings (SSSR count). The van der Waals surface area contributed by atoms with Gasteiger partial charge in [-0.1, -0.05) is 29.8 Å². The van der Waals surface area contributed by atoms with E-state index in [4.69, 9.17) is 4.74 Å². The van der Waals surface area contributed by atoms with Gasteiger partial charge in [0, 0.05) is 13.2 Å². The predicted octanol–water partition coefficient (Wildman–Crippen LogP) is 3.28. The van der Waals surface area contributed by atoms with E-state index in [2.05, 4.69) is 31.2 Å². The van der Waals surface area contributed by atoms with Crippen LogP contribution in [-0.2, 0) is 4.74 Å². The van der Waals surface area contributed by atoms with Crippen molar-refractivity contribution >= 4 is 0 Å². The molecule has 1 atom stereocenters. The number of ether oxygens (including phenoxy) is 1. The summed E-state index contributed by atoms with van der Waals surface area (Å²) in [4.78, 5) is 0. The zero-order valence-corrected chi connectivity index (χ0v) is 8.83. The SMILES string of the molecule is Cc1ccc(C2CCCOCC2)cc1. The lowest BCUT2D eigenvalue weighted by atomic mass is 9.92. The van der Waals surface area contributed by atoms with Crippen LogP contribution in [0.1, 0.15) is 36.3 Å². The third-order valence-corrected chi connectivity index (χ3v) is 3.00. The molecule has 1 nitrogen and oxygen atoms in total. The number of benzene rings is 1. The lowest BCUT2D eigenvalue weighted by Gasteiger charge is -2.13. The van der Waals surface area contributed by atoms with Gasteiger partial charge in [0.05, 0.1) is 0 Å². The summed E-state index contributed by atoms with van der Waals surface area (Å²) in [5.74, 6) is 0.720. The molecule has 1 fully saturated rings. The van der Waals surface area contributed by atoms with Crippen LogP contribution in [-0.4, -0.2) is 13.2 Å². The van der Waals surface area contributed by atoms with E-state index in [0.29, 0.717) is 0 Å². The van der Waals surface area contributed by atoms with E-state index in [1.807, 2.05) is 0 Å². The highest BCUT2D eigenvalue weighted by molar-refractivity contribution is 5.24. The molecule has 14 heavy (non-hydrogen) atoms. The van der Waals surface area contributed by atoms with Gasteiger partial charge in [0.2, 0.25) is 0 Å². The highest BCUT2D eigenvalue weighted by Gasteiger charge is 2.13. The Labute approximate surface area is 86.1 Å². The molecule has 0 N–H and O–H groups in total. The Bertz CT molecular complexity index is 268. The number of rotatable bonds is 1. The summed E-state index contributed by atoms with van der Waals surface area (Å²) in [6.07, 6.45) is 3.67. The van der Waals surface area contributed by atoms with Gasteiger partial charge in [0.1, 0.15) is 0 Å². The van der Waals surface area contributed by atoms with Gasteiger partial charge in [-0.3, -0.25) is 0 Å². The summed E-state index contributed by atoms with van der Waals surface area (Å²) in [5, 5.41) is 0. The fourth-order valence-corrected chi connectivity index (χ4v) is 2.08. The van der Waals surface area contributed by atoms with Gasteiger partial charge >= 0.3 is 0 Å². The van der Waals surface area contributed by atoms with Crippen LogP contribution in [0.3, 0.4) is 0 Å². The molecule has 1 saturated heterocycles. The quantitative estimate of drug-likeness (QED) is 0.660. The van der Waals surface area contributed by atoms with Gasteiger partial charge in [0.25, 0.3) is 0 Å². The minimum Gasteiger partial charge on any atom is -0.381 e. The van der Waals surface area contributed by atoms with Crippen LogP contribution in [0.5, 0.6) is 0 Å². The molecule has 0 bridgehead atoms. The average Bonchev–Trinajstić information content (AvgIpc) is 2.47. The molecule has 1 aliphatic rings. The first-order chi connectivity index (χ1) is 6.86. The summed E-state index contributed by atoms with van der Waals surface area (Å²) in [7, 11) is 0. The standard InChI is InChI=1S/C13H18O/c1-11-4-6-13(7-5-11)12-3-2-9-14-10-8-12/h4-7,12H,2-3,8-10H2,1H3. The van der Waals surface area contributed by atoms with E-state index in [0.717, 1.165) is 19.1 Å². The first kappa shape index (κ1) is 9.72. The highest BCUT2D eigenvalue weighted by Crippen LogP contribution is 2.27. The second-order valence-corrected chi connectivity index (χ2v) is 4.15. The molecule has 1 aliphatic heterocycles. The monoisotopic (exact) mass is 190 g/mol. The van der Waals surface area contributed by atoms with Gasteiger partial charge < -0.3 is 4.74 Å². The molecule has 1 heteroatoms. The Hall–Kier alpha value is -0.820. The van der Waals surface area contributed by atoms with Crippen molar-refractivity contribution in [2.24, 2.45) is 0 Å². The minimum atomic E-state index is 0.720. The summed E-state index contributed by atoms with van der Waals surface area (Å²) in [5.41, 5.74) is 2.83. The van der Waals surface area contributed by atoms with Crippen LogP contribution < -0.4 is 0 Å². The van der Waals surface area contributed by atoms with Crippen LogP contribution in [0.15, 0.2) is 24.3 Å². The molecule has 1 unspecified atom stereocenters. The van der Waals surface area contributed by atoms with Crippen molar-refractivity contribution in [3.63, 3.8) is 0 Å². The summed E-state index contributed by atoms with van der Waals surface area (Å²) in [6, 6.07) is 8.96. The van der Waals surface area contributed by atoms with E-state index in [1.54, 1.807) is 0 Å². The van der Waals surface area contributed by atoms with Crippen molar-refractivity contribution in [3.8, 4) is 0 Å². The Kier molecular flexibility index (Phi) is 3.20. The maximum atomic E-state index is 5.47. The van der Waals surface area contributed by atoms with Gasteiger partial charge in [0.15, 0.2) is 0 Å². The third-order valence-electron chi connectivity index (χ3n) is 3.00. The van der Waals surface area contributed by atoms with E-state index < -0.39 is 0 Å². The molecule has 76 valence electrons. The van der Waals surface area contributed by atoms with Crippen molar-refractivity contribution in [2.75, 3.05) is 13.2 Å². The summed E-state index contributed by atoms with van der Waals surface area (Å²) < 4.78 is 5.47. The number of hydrogen-bond acceptors (Lipinski definition) is 1. The largest absolute Gasteiger partial charge is 0.381 e. The van der Waals surface area contributed by atoms with Crippen LogP contribution in [0.4, 0.5) is 0 Å². The molecule has 0 aliphatic carbocycles. The molecule has 1 heterocycles. The molecule has 0 radical (unpaired) electrons. The molecule has 1 aromatic rings. The van der Waals surface area contributed by atoms with Crippen molar-refractivity contribution in [2.45, 2.75) is 32.1 Å². The van der Waals surface area contributed by atoms with Crippen molar-refractivity contribution in [1.82, 2.24) is 0 Å². The zero-order chi connectivity index (χ0) is 9.80. The third kappa shape index (κ3) is 2.36. The molecular formula is C13H18O. The fourth-order valence-electron chi connectivity index (χ4n) is 2.08.